The summed E-state index contributed by atoms with van der Waals surface area (Å²) in [6, 6.07) is 14.3. The molecule has 1 N–H and O–H groups in total. The van der Waals surface area contributed by atoms with E-state index in [1.165, 1.54) is 11.3 Å². The molecule has 1 aliphatic rings. The molecule has 162 valence electrons. The fourth-order valence-electron chi connectivity index (χ4n) is 4.05. The van der Waals surface area contributed by atoms with E-state index in [1.807, 2.05) is 38.1 Å². The van der Waals surface area contributed by atoms with Crippen molar-refractivity contribution in [2.75, 3.05) is 25.1 Å². The first kappa shape index (κ1) is 20.9. The van der Waals surface area contributed by atoms with Gasteiger partial charge in [0.1, 0.15) is 5.75 Å². The molecule has 0 aliphatic carbocycles. The van der Waals surface area contributed by atoms with Crippen molar-refractivity contribution in [3.05, 3.63) is 65.0 Å². The molecule has 0 atom stereocenters. The Kier molecular flexibility index (Phi) is 5.93. The number of nitrogens with one attached hydrogen (secondary N) is 1. The van der Waals surface area contributed by atoms with Crippen molar-refractivity contribution in [1.29, 1.82) is 0 Å². The molecule has 0 saturated carbocycles. The fourth-order valence-corrected chi connectivity index (χ4v) is 4.05. The molecule has 2 heterocycles. The van der Waals surface area contributed by atoms with Crippen molar-refractivity contribution in [2.45, 2.75) is 39.7 Å². The van der Waals surface area contributed by atoms with E-state index in [9.17, 15) is 4.79 Å². The van der Waals surface area contributed by atoms with E-state index in [-0.39, 0.29) is 11.9 Å². The lowest BCUT2D eigenvalue weighted by molar-refractivity contribution is 0.0925. The number of aryl methyl sites for hydroxylation is 3. The van der Waals surface area contributed by atoms with E-state index in [4.69, 9.17) is 4.74 Å². The summed E-state index contributed by atoms with van der Waals surface area (Å²) in [6.45, 7) is 7.69. The maximum absolute atomic E-state index is 12.9. The van der Waals surface area contributed by atoms with Crippen LogP contribution in [0.4, 0.5) is 5.69 Å². The molecule has 2 aromatic carbocycles. The maximum Gasteiger partial charge on any atom is 0.273 e. The van der Waals surface area contributed by atoms with Gasteiger partial charge in [-0.3, -0.25) is 4.79 Å². The second-order valence-electron chi connectivity index (χ2n) is 8.15. The Morgan fingerprint density at radius 2 is 1.74 bits per heavy atom. The largest absolute Gasteiger partial charge is 0.497 e. The van der Waals surface area contributed by atoms with Gasteiger partial charge in [-0.1, -0.05) is 17.7 Å². The van der Waals surface area contributed by atoms with Crippen LogP contribution in [0.2, 0.25) is 0 Å². The molecule has 31 heavy (non-hydrogen) atoms. The monoisotopic (exact) mass is 419 g/mol. The molecule has 0 spiro atoms. The normalized spacial score (nSPS) is 14.5. The van der Waals surface area contributed by atoms with Gasteiger partial charge in [0.25, 0.3) is 5.91 Å². The van der Waals surface area contributed by atoms with Gasteiger partial charge < -0.3 is 15.0 Å². The summed E-state index contributed by atoms with van der Waals surface area (Å²) in [6.07, 6.45) is 1.78. The fraction of sp³-hybridized carbons (Fsp3) is 0.375. The highest BCUT2D eigenvalue weighted by Gasteiger charge is 2.24. The van der Waals surface area contributed by atoms with Crippen molar-refractivity contribution < 1.29 is 9.53 Å². The molecular weight excluding hydrogens is 390 g/mol. The molecule has 1 saturated heterocycles. The number of amides is 1. The number of carbonyl (C=O) groups is 1. The van der Waals surface area contributed by atoms with Gasteiger partial charge >= 0.3 is 0 Å². The predicted molar refractivity (Wildman–Crippen MR) is 121 cm³/mol. The van der Waals surface area contributed by atoms with E-state index in [0.717, 1.165) is 42.9 Å². The van der Waals surface area contributed by atoms with Crippen LogP contribution >= 0.6 is 0 Å². The number of anilines is 1. The van der Waals surface area contributed by atoms with Gasteiger partial charge in [0.15, 0.2) is 5.69 Å². The van der Waals surface area contributed by atoms with Crippen LogP contribution < -0.4 is 15.0 Å². The van der Waals surface area contributed by atoms with Gasteiger partial charge in [-0.25, -0.2) is 0 Å². The Labute approximate surface area is 183 Å². The van der Waals surface area contributed by atoms with Crippen LogP contribution in [0.15, 0.2) is 42.5 Å². The van der Waals surface area contributed by atoms with E-state index in [1.54, 1.807) is 11.9 Å². The smallest absolute Gasteiger partial charge is 0.273 e. The van der Waals surface area contributed by atoms with E-state index in [2.05, 4.69) is 45.5 Å². The van der Waals surface area contributed by atoms with Crippen LogP contribution in [0.1, 0.15) is 40.2 Å². The molecule has 0 radical (unpaired) electrons. The topological polar surface area (TPSA) is 72.3 Å². The number of hydrogen-bond donors (Lipinski definition) is 1. The third-order valence-electron chi connectivity index (χ3n) is 5.83. The number of carbonyl (C=O) groups excluding carboxylic acids is 1. The maximum atomic E-state index is 12.9. The lowest BCUT2D eigenvalue weighted by Crippen LogP contribution is -2.45. The van der Waals surface area contributed by atoms with Gasteiger partial charge in [-0.2, -0.15) is 9.90 Å². The van der Waals surface area contributed by atoms with Crippen molar-refractivity contribution in [3.63, 3.8) is 0 Å². The summed E-state index contributed by atoms with van der Waals surface area (Å²) in [5, 5.41) is 12.1. The average molecular weight is 420 g/mol. The van der Waals surface area contributed by atoms with Crippen LogP contribution in [-0.2, 0) is 0 Å². The number of aromatic nitrogens is 3. The third kappa shape index (κ3) is 4.55. The lowest BCUT2D eigenvalue weighted by Gasteiger charge is -2.34. The summed E-state index contributed by atoms with van der Waals surface area (Å²) in [5.74, 6) is 0.701. The Hall–Kier alpha value is -3.35. The molecule has 1 aromatic heterocycles. The standard InChI is InChI=1S/C24H29N5O2/c1-16-5-10-22(17(2)15-16)29-26-18(3)23(27-29)24(30)25-19-11-13-28(14-12-19)20-6-8-21(31-4)9-7-20/h5-10,15,19H,11-14H2,1-4H3,(H,25,30). The van der Waals surface area contributed by atoms with Crippen LogP contribution in [0.5, 0.6) is 5.75 Å². The molecule has 1 amide bonds. The number of methoxy groups -OCH3 is 1. The molecule has 0 bridgehead atoms. The first-order chi connectivity index (χ1) is 14.9. The Bertz CT molecular complexity index is 1070. The highest BCUT2D eigenvalue weighted by atomic mass is 16.5. The summed E-state index contributed by atoms with van der Waals surface area (Å²) in [7, 11) is 1.67. The zero-order valence-corrected chi connectivity index (χ0v) is 18.6. The van der Waals surface area contributed by atoms with Crippen LogP contribution in [-0.4, -0.2) is 47.1 Å². The average Bonchev–Trinajstić information content (AvgIpc) is 3.16. The quantitative estimate of drug-likeness (QED) is 0.684. The summed E-state index contributed by atoms with van der Waals surface area (Å²) in [5.41, 5.74) is 5.35. The van der Waals surface area contributed by atoms with Gasteiger partial charge in [0.2, 0.25) is 0 Å². The van der Waals surface area contributed by atoms with Crippen molar-refractivity contribution >= 4 is 11.6 Å². The first-order valence-electron chi connectivity index (χ1n) is 10.7. The van der Waals surface area contributed by atoms with Crippen LogP contribution in [0.25, 0.3) is 5.69 Å². The summed E-state index contributed by atoms with van der Waals surface area (Å²) >= 11 is 0. The number of ether oxygens (including phenoxy) is 1. The molecule has 7 nitrogen and oxygen atoms in total. The van der Waals surface area contributed by atoms with Crippen molar-refractivity contribution in [2.24, 2.45) is 0 Å². The Balaban J connectivity index is 1.38. The summed E-state index contributed by atoms with van der Waals surface area (Å²) in [4.78, 5) is 16.8. The molecule has 1 aliphatic heterocycles. The highest BCUT2D eigenvalue weighted by Crippen LogP contribution is 2.23. The molecular formula is C24H29N5O2. The molecule has 4 rings (SSSR count). The van der Waals surface area contributed by atoms with Crippen molar-refractivity contribution in [1.82, 2.24) is 20.3 Å². The minimum atomic E-state index is -0.156. The van der Waals surface area contributed by atoms with Gasteiger partial charge in [-0.15, -0.1) is 5.10 Å². The minimum absolute atomic E-state index is 0.132. The second kappa shape index (κ2) is 8.79. The zero-order valence-electron chi connectivity index (χ0n) is 18.6. The summed E-state index contributed by atoms with van der Waals surface area (Å²) < 4.78 is 5.23. The number of benzene rings is 2. The second-order valence-corrected chi connectivity index (χ2v) is 8.15. The van der Waals surface area contributed by atoms with E-state index in [0.29, 0.717) is 11.4 Å². The Morgan fingerprint density at radius 1 is 1.03 bits per heavy atom. The van der Waals surface area contributed by atoms with E-state index >= 15 is 0 Å². The van der Waals surface area contributed by atoms with Crippen LogP contribution in [0.3, 0.4) is 0 Å². The third-order valence-corrected chi connectivity index (χ3v) is 5.83. The molecule has 1 fully saturated rings. The lowest BCUT2D eigenvalue weighted by atomic mass is 10.0. The SMILES string of the molecule is COc1ccc(N2CCC(NC(=O)c3nn(-c4ccc(C)cc4C)nc3C)CC2)cc1. The Morgan fingerprint density at radius 3 is 2.39 bits per heavy atom. The van der Waals surface area contributed by atoms with E-state index < -0.39 is 0 Å². The first-order valence-corrected chi connectivity index (χ1v) is 10.7. The highest BCUT2D eigenvalue weighted by molar-refractivity contribution is 5.93. The van der Waals surface area contributed by atoms with Crippen molar-refractivity contribution in [3.8, 4) is 11.4 Å². The number of rotatable bonds is 5. The predicted octanol–water partition coefficient (Wildman–Crippen LogP) is 3.60. The number of nitrogens with zero attached hydrogens (tertiary/aromatic N) is 4. The molecule has 3 aromatic rings. The van der Waals surface area contributed by atoms with Gasteiger partial charge in [-0.05, 0) is 69.5 Å². The van der Waals surface area contributed by atoms with Crippen LogP contribution in [0, 0.1) is 20.8 Å². The molecule has 0 unspecified atom stereocenters. The number of hydrogen-bond acceptors (Lipinski definition) is 5. The van der Waals surface area contributed by atoms with Gasteiger partial charge in [0.05, 0.1) is 18.5 Å². The zero-order chi connectivity index (χ0) is 22.0. The number of piperidine rings is 1. The minimum Gasteiger partial charge on any atom is -0.497 e. The van der Waals surface area contributed by atoms with Gasteiger partial charge in [0, 0.05) is 24.8 Å². The molecule has 7 heteroatoms.